The third-order valence-electron chi connectivity index (χ3n) is 10.6. The standard InChI is InChI=1S/C34H54O8/c1-14-15-20-21(38-26(35)29(2,3)4)23(40-28(37)31(8,9)10)25-24(22(20)39-27(36)30(5,6)7)41-34(42-25)18-19-16-17-33(34,13)32(19,11)12/h14,19-25H,1,15-18H2,2-13H3/t19-,20-,21-,22+,23+,24+,25-,33-,34+/m1/s1. The van der Waals surface area contributed by atoms with Crippen LogP contribution in [-0.4, -0.2) is 54.2 Å². The molecule has 1 saturated heterocycles. The Hall–Kier alpha value is -1.93. The molecule has 2 bridgehead atoms. The molecule has 0 radical (unpaired) electrons. The van der Waals surface area contributed by atoms with E-state index in [9.17, 15) is 14.4 Å². The zero-order valence-electron chi connectivity index (χ0n) is 27.9. The number of ether oxygens (including phenoxy) is 5. The average molecular weight is 591 g/mol. The lowest BCUT2D eigenvalue weighted by Gasteiger charge is -2.46. The molecule has 4 fully saturated rings. The van der Waals surface area contributed by atoms with Gasteiger partial charge in [-0.3, -0.25) is 14.4 Å². The Labute approximate surface area is 252 Å². The van der Waals surface area contributed by atoms with Gasteiger partial charge in [-0.15, -0.1) is 6.58 Å². The van der Waals surface area contributed by atoms with Crippen molar-refractivity contribution in [3.8, 4) is 0 Å². The Morgan fingerprint density at radius 3 is 1.57 bits per heavy atom. The predicted molar refractivity (Wildman–Crippen MR) is 158 cm³/mol. The molecule has 9 atom stereocenters. The number of hydrogen-bond donors (Lipinski definition) is 0. The van der Waals surface area contributed by atoms with Crippen molar-refractivity contribution in [1.29, 1.82) is 0 Å². The van der Waals surface area contributed by atoms with Gasteiger partial charge >= 0.3 is 17.9 Å². The van der Waals surface area contributed by atoms with Crippen molar-refractivity contribution in [3.63, 3.8) is 0 Å². The first-order valence-corrected chi connectivity index (χ1v) is 15.6. The summed E-state index contributed by atoms with van der Waals surface area (Å²) in [5, 5.41) is 0. The molecule has 8 heteroatoms. The molecule has 42 heavy (non-hydrogen) atoms. The highest BCUT2D eigenvalue weighted by Crippen LogP contribution is 2.73. The van der Waals surface area contributed by atoms with Gasteiger partial charge in [-0.05, 0) is 92.9 Å². The topological polar surface area (TPSA) is 97.4 Å². The summed E-state index contributed by atoms with van der Waals surface area (Å²) in [6.45, 7) is 26.8. The van der Waals surface area contributed by atoms with E-state index in [0.717, 1.165) is 12.8 Å². The molecule has 238 valence electrons. The Morgan fingerprint density at radius 2 is 1.19 bits per heavy atom. The van der Waals surface area contributed by atoms with Crippen molar-refractivity contribution in [1.82, 2.24) is 0 Å². The number of fused-ring (bicyclic) bond motifs is 4. The number of rotatable bonds is 5. The first kappa shape index (κ1) is 33.0. The van der Waals surface area contributed by atoms with Crippen molar-refractivity contribution in [2.75, 3.05) is 0 Å². The van der Waals surface area contributed by atoms with Crippen LogP contribution in [0.3, 0.4) is 0 Å². The Kier molecular flexibility index (Phi) is 8.10. The maximum atomic E-state index is 13.4. The molecule has 1 spiro atoms. The van der Waals surface area contributed by atoms with Crippen LogP contribution in [0.1, 0.15) is 109 Å². The van der Waals surface area contributed by atoms with Crippen LogP contribution >= 0.6 is 0 Å². The average Bonchev–Trinajstić information content (AvgIpc) is 3.37. The number of hydrogen-bond acceptors (Lipinski definition) is 8. The highest BCUT2D eigenvalue weighted by atomic mass is 16.8. The zero-order chi connectivity index (χ0) is 31.8. The van der Waals surface area contributed by atoms with E-state index in [2.05, 4.69) is 27.4 Å². The molecule has 0 N–H and O–H groups in total. The minimum atomic E-state index is -0.965. The SMILES string of the molecule is C=CC[C@@H]1[C@@H](OC(=O)C(C)(C)C)[C@H](OC(=O)C(C)(C)C)[C@H]2O[C@]3(C[C@H]4CC[C@]3(C)C4(C)C)O[C@H]2[C@H]1OC(=O)C(C)(C)C. The maximum absolute atomic E-state index is 13.4. The summed E-state index contributed by atoms with van der Waals surface area (Å²) in [6, 6.07) is 0. The van der Waals surface area contributed by atoms with Crippen molar-refractivity contribution in [2.24, 2.45) is 38.9 Å². The molecule has 0 amide bonds. The second kappa shape index (κ2) is 10.3. The van der Waals surface area contributed by atoms with Crippen molar-refractivity contribution in [2.45, 2.75) is 145 Å². The second-order valence-corrected chi connectivity index (χ2v) is 17.0. The van der Waals surface area contributed by atoms with Gasteiger partial charge in [-0.2, -0.15) is 0 Å². The Balaban J connectivity index is 1.86. The van der Waals surface area contributed by atoms with Gasteiger partial charge in [-0.1, -0.05) is 26.8 Å². The monoisotopic (exact) mass is 590 g/mol. The van der Waals surface area contributed by atoms with Crippen LogP contribution in [0.4, 0.5) is 0 Å². The molecule has 1 aliphatic heterocycles. The summed E-state index contributed by atoms with van der Waals surface area (Å²) in [5.41, 5.74) is -2.77. The van der Waals surface area contributed by atoms with E-state index < -0.39 is 76.4 Å². The van der Waals surface area contributed by atoms with Crippen LogP contribution in [-0.2, 0) is 38.1 Å². The fraction of sp³-hybridized carbons (Fsp3) is 0.853. The summed E-state index contributed by atoms with van der Waals surface area (Å²) >= 11 is 0. The van der Waals surface area contributed by atoms with E-state index in [-0.39, 0.29) is 10.8 Å². The van der Waals surface area contributed by atoms with E-state index in [4.69, 9.17) is 23.7 Å². The zero-order valence-corrected chi connectivity index (χ0v) is 27.9. The first-order valence-electron chi connectivity index (χ1n) is 15.6. The van der Waals surface area contributed by atoms with E-state index in [1.165, 1.54) is 0 Å². The molecular formula is C34H54O8. The fourth-order valence-electron chi connectivity index (χ4n) is 7.32. The van der Waals surface area contributed by atoms with Crippen molar-refractivity contribution >= 4 is 17.9 Å². The molecule has 1 heterocycles. The van der Waals surface area contributed by atoms with Gasteiger partial charge in [0.2, 0.25) is 0 Å². The highest BCUT2D eigenvalue weighted by Gasteiger charge is 2.76. The number of allylic oxidation sites excluding steroid dienone is 1. The van der Waals surface area contributed by atoms with Gasteiger partial charge in [-0.25, -0.2) is 0 Å². The van der Waals surface area contributed by atoms with E-state index in [1.54, 1.807) is 68.4 Å². The molecule has 0 unspecified atom stereocenters. The number of carbonyl (C=O) groups excluding carboxylic acids is 3. The predicted octanol–water partition coefficient (Wildman–Crippen LogP) is 6.39. The summed E-state index contributed by atoms with van der Waals surface area (Å²) in [7, 11) is 0. The molecule has 3 saturated carbocycles. The lowest BCUT2D eigenvalue weighted by atomic mass is 9.68. The van der Waals surface area contributed by atoms with Crippen molar-refractivity contribution in [3.05, 3.63) is 12.7 Å². The lowest BCUT2D eigenvalue weighted by Crippen LogP contribution is -2.64. The maximum Gasteiger partial charge on any atom is 0.311 e. The van der Waals surface area contributed by atoms with Gasteiger partial charge in [0.25, 0.3) is 0 Å². The number of carbonyl (C=O) groups is 3. The van der Waals surface area contributed by atoms with Crippen LogP contribution in [0.15, 0.2) is 12.7 Å². The van der Waals surface area contributed by atoms with Gasteiger partial charge < -0.3 is 23.7 Å². The number of esters is 3. The Morgan fingerprint density at radius 1 is 0.762 bits per heavy atom. The van der Waals surface area contributed by atoms with Crippen LogP contribution in [0, 0.1) is 38.9 Å². The quantitative estimate of drug-likeness (QED) is 0.206. The fourth-order valence-corrected chi connectivity index (χ4v) is 7.32. The van der Waals surface area contributed by atoms with Gasteiger partial charge in [0.15, 0.2) is 11.9 Å². The third kappa shape index (κ3) is 5.22. The minimum absolute atomic E-state index is 0.0473. The minimum Gasteiger partial charge on any atom is -0.459 e. The van der Waals surface area contributed by atoms with Gasteiger partial charge in [0, 0.05) is 17.8 Å². The molecular weight excluding hydrogens is 536 g/mol. The molecule has 0 aromatic heterocycles. The van der Waals surface area contributed by atoms with Crippen LogP contribution in [0.2, 0.25) is 0 Å². The molecule has 0 aromatic rings. The summed E-state index contributed by atoms with van der Waals surface area (Å²) in [6.07, 6.45) is 0.524. The lowest BCUT2D eigenvalue weighted by molar-refractivity contribution is -0.258. The van der Waals surface area contributed by atoms with E-state index in [1.807, 2.05) is 0 Å². The van der Waals surface area contributed by atoms with Gasteiger partial charge in [0.05, 0.1) is 16.2 Å². The molecule has 0 aromatic carbocycles. The Bertz CT molecular complexity index is 1100. The van der Waals surface area contributed by atoms with E-state index in [0.29, 0.717) is 18.8 Å². The van der Waals surface area contributed by atoms with Crippen molar-refractivity contribution < 1.29 is 38.1 Å². The van der Waals surface area contributed by atoms with Crippen LogP contribution in [0.25, 0.3) is 0 Å². The first-order chi connectivity index (χ1) is 19.0. The highest BCUT2D eigenvalue weighted by molar-refractivity contribution is 5.77. The largest absolute Gasteiger partial charge is 0.459 e. The van der Waals surface area contributed by atoms with E-state index >= 15 is 0 Å². The molecule has 3 aliphatic carbocycles. The normalized spacial score (nSPS) is 39.1. The molecule has 4 rings (SSSR count). The smallest absolute Gasteiger partial charge is 0.311 e. The molecule has 8 nitrogen and oxygen atoms in total. The van der Waals surface area contributed by atoms with Crippen LogP contribution in [0.5, 0.6) is 0 Å². The second-order valence-electron chi connectivity index (χ2n) is 17.0. The third-order valence-corrected chi connectivity index (χ3v) is 10.6. The molecule has 4 aliphatic rings. The summed E-state index contributed by atoms with van der Waals surface area (Å²) in [4.78, 5) is 40.3. The summed E-state index contributed by atoms with van der Waals surface area (Å²) in [5.74, 6) is -2.40. The van der Waals surface area contributed by atoms with Gasteiger partial charge in [0.1, 0.15) is 24.4 Å². The summed E-state index contributed by atoms with van der Waals surface area (Å²) < 4.78 is 32.9. The van der Waals surface area contributed by atoms with Crippen LogP contribution < -0.4 is 0 Å².